The van der Waals surface area contributed by atoms with E-state index in [9.17, 15) is 19.8 Å². The molecule has 2 aliphatic rings. The fourth-order valence-corrected chi connectivity index (χ4v) is 4.20. The summed E-state index contributed by atoms with van der Waals surface area (Å²) in [6.45, 7) is 3.24. The molecule has 1 aliphatic carbocycles. The molecule has 3 heterocycles. The highest BCUT2D eigenvalue weighted by Gasteiger charge is 2.51. The molecule has 1 aliphatic heterocycles. The van der Waals surface area contributed by atoms with Crippen molar-refractivity contribution in [2.45, 2.75) is 45.3 Å². The van der Waals surface area contributed by atoms with Gasteiger partial charge in [0.25, 0.3) is 5.56 Å². The van der Waals surface area contributed by atoms with Crippen LogP contribution in [-0.2, 0) is 11.3 Å². The second kappa shape index (κ2) is 6.73. The number of aliphatic carboxylic acids is 1. The molecule has 2 aromatic heterocycles. The van der Waals surface area contributed by atoms with Crippen LogP contribution in [-0.4, -0.2) is 49.7 Å². The maximum Gasteiger partial charge on any atom is 0.313 e. The molecule has 0 amide bonds. The van der Waals surface area contributed by atoms with Crippen LogP contribution in [0.4, 0.5) is 0 Å². The fourth-order valence-electron chi connectivity index (χ4n) is 4.20. The van der Waals surface area contributed by atoms with Gasteiger partial charge in [0.2, 0.25) is 0 Å². The summed E-state index contributed by atoms with van der Waals surface area (Å²) in [5.41, 5.74) is 0.982. The Labute approximate surface area is 157 Å². The van der Waals surface area contributed by atoms with E-state index in [4.69, 9.17) is 0 Å². The van der Waals surface area contributed by atoms with Crippen molar-refractivity contribution < 1.29 is 15.0 Å². The third-order valence-corrected chi connectivity index (χ3v) is 5.90. The standard InChI is InChI=1S/C20H25N3O4/c1-13-4-7-23-17(8-13)21-15(9-18(23)25)11-22-6-5-16(24)20(12-22,19(26)27)10-14-2-3-14/h4,7-9,14,16,24H,2-3,5-6,10-12H2,1H3,(H,26,27)/t16-,20-/m0/s1. The first-order valence-corrected chi connectivity index (χ1v) is 9.50. The fraction of sp³-hybridized carbons (Fsp3) is 0.550. The van der Waals surface area contributed by atoms with Crippen LogP contribution < -0.4 is 5.56 Å². The molecule has 1 saturated carbocycles. The molecule has 7 heteroatoms. The van der Waals surface area contributed by atoms with Crippen molar-refractivity contribution in [3.8, 4) is 0 Å². The highest BCUT2D eigenvalue weighted by molar-refractivity contribution is 5.76. The molecule has 27 heavy (non-hydrogen) atoms. The van der Waals surface area contributed by atoms with Gasteiger partial charge in [-0.3, -0.25) is 18.9 Å². The van der Waals surface area contributed by atoms with Gasteiger partial charge in [0, 0.05) is 31.9 Å². The third-order valence-electron chi connectivity index (χ3n) is 5.90. The Balaban J connectivity index is 1.59. The molecule has 2 N–H and O–H groups in total. The number of rotatable bonds is 5. The quantitative estimate of drug-likeness (QED) is 0.826. The topological polar surface area (TPSA) is 95.1 Å². The van der Waals surface area contributed by atoms with Gasteiger partial charge in [-0.25, -0.2) is 4.98 Å². The van der Waals surface area contributed by atoms with Gasteiger partial charge in [-0.15, -0.1) is 0 Å². The maximum absolute atomic E-state index is 12.4. The van der Waals surface area contributed by atoms with E-state index >= 15 is 0 Å². The van der Waals surface area contributed by atoms with Crippen LogP contribution in [0.25, 0.3) is 5.65 Å². The summed E-state index contributed by atoms with van der Waals surface area (Å²) in [6, 6.07) is 5.23. The molecule has 2 fully saturated rings. The zero-order valence-electron chi connectivity index (χ0n) is 15.5. The Hall–Kier alpha value is -2.25. The van der Waals surface area contributed by atoms with E-state index in [-0.39, 0.29) is 12.1 Å². The lowest BCUT2D eigenvalue weighted by Crippen LogP contribution is -2.56. The molecular weight excluding hydrogens is 346 g/mol. The van der Waals surface area contributed by atoms with E-state index in [0.717, 1.165) is 18.4 Å². The lowest BCUT2D eigenvalue weighted by molar-refractivity contribution is -0.165. The Morgan fingerprint density at radius 1 is 1.33 bits per heavy atom. The average Bonchev–Trinajstić information content (AvgIpc) is 3.41. The number of hydrogen-bond acceptors (Lipinski definition) is 5. The van der Waals surface area contributed by atoms with E-state index in [1.165, 1.54) is 10.5 Å². The van der Waals surface area contributed by atoms with Crippen LogP contribution >= 0.6 is 0 Å². The molecule has 7 nitrogen and oxygen atoms in total. The van der Waals surface area contributed by atoms with Gasteiger partial charge in [-0.05, 0) is 43.4 Å². The number of likely N-dealkylation sites (tertiary alicyclic amines) is 1. The van der Waals surface area contributed by atoms with E-state index in [0.29, 0.717) is 43.2 Å². The summed E-state index contributed by atoms with van der Waals surface area (Å²) in [6.07, 6.45) is 3.92. The van der Waals surface area contributed by atoms with Gasteiger partial charge in [0.15, 0.2) is 0 Å². The van der Waals surface area contributed by atoms with Gasteiger partial charge in [-0.1, -0.05) is 12.8 Å². The number of aliphatic hydroxyl groups is 1. The highest BCUT2D eigenvalue weighted by Crippen LogP contribution is 2.45. The molecular formula is C20H25N3O4. The van der Waals surface area contributed by atoms with Crippen molar-refractivity contribution >= 4 is 11.6 Å². The van der Waals surface area contributed by atoms with Gasteiger partial charge in [-0.2, -0.15) is 0 Å². The van der Waals surface area contributed by atoms with E-state index < -0.39 is 17.5 Å². The van der Waals surface area contributed by atoms with Crippen molar-refractivity contribution in [1.82, 2.24) is 14.3 Å². The number of fused-ring (bicyclic) bond motifs is 1. The molecule has 0 radical (unpaired) electrons. The normalized spacial score (nSPS) is 26.4. The number of aliphatic hydroxyl groups excluding tert-OH is 1. The Morgan fingerprint density at radius 2 is 2.11 bits per heavy atom. The van der Waals surface area contributed by atoms with E-state index in [1.54, 1.807) is 6.20 Å². The predicted molar refractivity (Wildman–Crippen MR) is 99.5 cm³/mol. The number of pyridine rings is 1. The highest BCUT2D eigenvalue weighted by atomic mass is 16.4. The lowest BCUT2D eigenvalue weighted by Gasteiger charge is -2.43. The van der Waals surface area contributed by atoms with E-state index in [1.807, 2.05) is 24.0 Å². The molecule has 144 valence electrons. The molecule has 4 rings (SSSR count). The first kappa shape index (κ1) is 18.1. The second-order valence-electron chi connectivity index (χ2n) is 8.14. The molecule has 2 aromatic rings. The summed E-state index contributed by atoms with van der Waals surface area (Å²) < 4.78 is 1.51. The Morgan fingerprint density at radius 3 is 2.81 bits per heavy atom. The Bertz CT molecular complexity index is 936. The maximum atomic E-state index is 12.4. The van der Waals surface area contributed by atoms with Crippen molar-refractivity contribution in [2.24, 2.45) is 11.3 Å². The van der Waals surface area contributed by atoms with Crippen molar-refractivity contribution in [2.75, 3.05) is 13.1 Å². The first-order valence-electron chi connectivity index (χ1n) is 9.50. The van der Waals surface area contributed by atoms with E-state index in [2.05, 4.69) is 4.98 Å². The van der Waals surface area contributed by atoms with Gasteiger partial charge >= 0.3 is 5.97 Å². The third kappa shape index (κ3) is 3.49. The van der Waals surface area contributed by atoms with Gasteiger partial charge < -0.3 is 10.2 Å². The number of nitrogens with zero attached hydrogens (tertiary/aromatic N) is 3. The summed E-state index contributed by atoms with van der Waals surface area (Å²) in [5.74, 6) is -0.518. The molecule has 2 atom stereocenters. The summed E-state index contributed by atoms with van der Waals surface area (Å²) >= 11 is 0. The zero-order chi connectivity index (χ0) is 19.2. The zero-order valence-corrected chi connectivity index (χ0v) is 15.5. The van der Waals surface area contributed by atoms with Crippen LogP contribution in [0.1, 0.15) is 36.9 Å². The van der Waals surface area contributed by atoms with Crippen molar-refractivity contribution in [3.05, 3.63) is 46.0 Å². The summed E-state index contributed by atoms with van der Waals surface area (Å²) in [5, 5.41) is 20.4. The lowest BCUT2D eigenvalue weighted by atomic mass is 9.73. The second-order valence-corrected chi connectivity index (χ2v) is 8.14. The summed E-state index contributed by atoms with van der Waals surface area (Å²) in [7, 11) is 0. The SMILES string of the molecule is Cc1ccn2c(=O)cc(CN3CC[C@H](O)[C@@](CC4CC4)(C(=O)O)C3)nc2c1. The van der Waals surface area contributed by atoms with Crippen LogP contribution in [0, 0.1) is 18.3 Å². The number of carboxylic acid groups (broad SMARTS) is 1. The average molecular weight is 371 g/mol. The van der Waals surface area contributed by atoms with Crippen LogP contribution in [0.2, 0.25) is 0 Å². The molecule has 0 spiro atoms. The number of aryl methyl sites for hydroxylation is 1. The number of carboxylic acids is 1. The number of carbonyl (C=O) groups is 1. The Kier molecular flexibility index (Phi) is 4.52. The van der Waals surface area contributed by atoms with Gasteiger partial charge in [0.1, 0.15) is 11.1 Å². The minimum absolute atomic E-state index is 0.144. The van der Waals surface area contributed by atoms with Crippen LogP contribution in [0.5, 0.6) is 0 Å². The van der Waals surface area contributed by atoms with Crippen molar-refractivity contribution in [3.63, 3.8) is 0 Å². The number of aromatic nitrogens is 2. The first-order chi connectivity index (χ1) is 12.9. The molecule has 0 aromatic carbocycles. The van der Waals surface area contributed by atoms with Gasteiger partial charge in [0.05, 0.1) is 11.8 Å². The predicted octanol–water partition coefficient (Wildman–Crippen LogP) is 1.44. The van der Waals surface area contributed by atoms with Crippen LogP contribution in [0.15, 0.2) is 29.2 Å². The number of hydrogen-bond donors (Lipinski definition) is 2. The summed E-state index contributed by atoms with van der Waals surface area (Å²) in [4.78, 5) is 31.0. The minimum Gasteiger partial charge on any atom is -0.481 e. The molecule has 0 unspecified atom stereocenters. The smallest absolute Gasteiger partial charge is 0.313 e. The number of piperidine rings is 1. The monoisotopic (exact) mass is 371 g/mol. The molecule has 1 saturated heterocycles. The minimum atomic E-state index is -1.12. The molecule has 0 bridgehead atoms. The van der Waals surface area contributed by atoms with Crippen LogP contribution in [0.3, 0.4) is 0 Å². The van der Waals surface area contributed by atoms with Crippen molar-refractivity contribution in [1.29, 1.82) is 0 Å². The largest absolute Gasteiger partial charge is 0.481 e.